The molecule has 0 spiro atoms. The number of carboxylic acid groups (broad SMARTS) is 1. The Bertz CT molecular complexity index is 406. The van der Waals surface area contributed by atoms with Gasteiger partial charge in [-0.15, -0.1) is 0 Å². The first-order valence-electron chi connectivity index (χ1n) is 4.72. The number of aliphatic carboxylic acids is 1. The Morgan fingerprint density at radius 3 is 2.81 bits per heavy atom. The molecule has 5 heteroatoms. The van der Waals surface area contributed by atoms with E-state index in [0.29, 0.717) is 6.41 Å². The third-order valence-electron chi connectivity index (χ3n) is 2.18. The fraction of sp³-hybridized carbons (Fsp3) is 0.273. The van der Waals surface area contributed by atoms with Crippen LogP contribution in [0.25, 0.3) is 0 Å². The number of rotatable bonds is 5. The monoisotopic (exact) mass is 285 g/mol. The summed E-state index contributed by atoms with van der Waals surface area (Å²) in [7, 11) is 0. The van der Waals surface area contributed by atoms with Crippen LogP contribution in [-0.2, 0) is 9.59 Å². The van der Waals surface area contributed by atoms with Crippen molar-refractivity contribution in [3.05, 3.63) is 33.8 Å². The molecule has 0 aromatic heterocycles. The van der Waals surface area contributed by atoms with E-state index >= 15 is 0 Å². The second-order valence-corrected chi connectivity index (χ2v) is 4.31. The van der Waals surface area contributed by atoms with Crippen molar-refractivity contribution in [2.45, 2.75) is 19.4 Å². The Balaban J connectivity index is 3.00. The highest BCUT2D eigenvalue weighted by atomic mass is 79.9. The van der Waals surface area contributed by atoms with Gasteiger partial charge in [-0.25, -0.2) is 0 Å². The molecule has 4 nitrogen and oxygen atoms in total. The molecule has 0 radical (unpaired) electrons. The van der Waals surface area contributed by atoms with E-state index in [2.05, 4.69) is 21.2 Å². The Kier molecular flexibility index (Phi) is 4.49. The topological polar surface area (TPSA) is 66.4 Å². The molecular formula is C11H12BrNO3. The van der Waals surface area contributed by atoms with Crippen LogP contribution in [0.1, 0.15) is 23.6 Å². The molecule has 0 saturated heterocycles. The van der Waals surface area contributed by atoms with E-state index in [0.717, 1.165) is 15.6 Å². The second kappa shape index (κ2) is 5.65. The van der Waals surface area contributed by atoms with Crippen LogP contribution < -0.4 is 5.32 Å². The number of benzene rings is 1. The largest absolute Gasteiger partial charge is 0.481 e. The molecule has 16 heavy (non-hydrogen) atoms. The number of halogens is 1. The van der Waals surface area contributed by atoms with E-state index < -0.39 is 12.0 Å². The summed E-state index contributed by atoms with van der Waals surface area (Å²) in [6.07, 6.45) is 0.375. The van der Waals surface area contributed by atoms with Crippen LogP contribution in [0.15, 0.2) is 22.7 Å². The van der Waals surface area contributed by atoms with Crippen LogP contribution in [-0.4, -0.2) is 17.5 Å². The zero-order valence-electron chi connectivity index (χ0n) is 8.74. The molecule has 0 aliphatic rings. The van der Waals surface area contributed by atoms with Crippen molar-refractivity contribution in [3.8, 4) is 0 Å². The summed E-state index contributed by atoms with van der Waals surface area (Å²) in [5, 5.41) is 11.2. The molecule has 0 aliphatic heterocycles. The average molecular weight is 286 g/mol. The Morgan fingerprint density at radius 2 is 2.31 bits per heavy atom. The van der Waals surface area contributed by atoms with Gasteiger partial charge in [0.1, 0.15) is 0 Å². The van der Waals surface area contributed by atoms with Crippen LogP contribution in [0.3, 0.4) is 0 Å². The molecule has 1 atom stereocenters. The lowest BCUT2D eigenvalue weighted by Crippen LogP contribution is -2.22. The number of carboxylic acids is 1. The Labute approximate surface area is 102 Å². The highest BCUT2D eigenvalue weighted by molar-refractivity contribution is 9.10. The van der Waals surface area contributed by atoms with E-state index in [1.165, 1.54) is 0 Å². The molecule has 0 unspecified atom stereocenters. The summed E-state index contributed by atoms with van der Waals surface area (Å²) in [6.45, 7) is 1.94. The van der Waals surface area contributed by atoms with Gasteiger partial charge in [-0.3, -0.25) is 9.59 Å². The van der Waals surface area contributed by atoms with Gasteiger partial charge in [0.2, 0.25) is 6.41 Å². The molecule has 0 bridgehead atoms. The van der Waals surface area contributed by atoms with E-state index in [-0.39, 0.29) is 6.42 Å². The normalized spacial score (nSPS) is 11.9. The fourth-order valence-electron chi connectivity index (χ4n) is 1.43. The summed E-state index contributed by atoms with van der Waals surface area (Å²) in [5.74, 6) is -0.952. The lowest BCUT2D eigenvalue weighted by molar-refractivity contribution is -0.137. The molecule has 0 fully saturated rings. The van der Waals surface area contributed by atoms with E-state index in [9.17, 15) is 9.59 Å². The Morgan fingerprint density at radius 1 is 1.62 bits per heavy atom. The summed E-state index contributed by atoms with van der Waals surface area (Å²) in [4.78, 5) is 21.1. The predicted molar refractivity (Wildman–Crippen MR) is 63.1 cm³/mol. The predicted octanol–water partition coefficient (Wildman–Crippen LogP) is 2.02. The number of hydrogen-bond acceptors (Lipinski definition) is 2. The number of carbonyl (C=O) groups is 2. The van der Waals surface area contributed by atoms with Gasteiger partial charge in [-0.05, 0) is 24.1 Å². The summed E-state index contributed by atoms with van der Waals surface area (Å²) in [6, 6.07) is 5.06. The molecule has 1 aromatic rings. The first-order valence-corrected chi connectivity index (χ1v) is 5.51. The zero-order chi connectivity index (χ0) is 12.1. The van der Waals surface area contributed by atoms with Gasteiger partial charge in [0.25, 0.3) is 0 Å². The van der Waals surface area contributed by atoms with Crippen molar-refractivity contribution in [2.75, 3.05) is 0 Å². The third kappa shape index (κ3) is 3.34. The zero-order valence-corrected chi connectivity index (χ0v) is 10.3. The molecule has 1 amide bonds. The van der Waals surface area contributed by atoms with Gasteiger partial charge in [-0.2, -0.15) is 0 Å². The average Bonchev–Trinajstić information content (AvgIpc) is 2.16. The van der Waals surface area contributed by atoms with Crippen LogP contribution in [0.5, 0.6) is 0 Å². The summed E-state index contributed by atoms with van der Waals surface area (Å²) >= 11 is 3.36. The Hall–Kier alpha value is -1.36. The molecule has 0 aliphatic carbocycles. The van der Waals surface area contributed by atoms with Gasteiger partial charge in [0.05, 0.1) is 12.5 Å². The highest BCUT2D eigenvalue weighted by Gasteiger charge is 2.17. The van der Waals surface area contributed by atoms with Crippen LogP contribution >= 0.6 is 15.9 Å². The lowest BCUT2D eigenvalue weighted by atomic mass is 10.0. The van der Waals surface area contributed by atoms with Crippen molar-refractivity contribution >= 4 is 28.3 Å². The molecular weight excluding hydrogens is 274 g/mol. The number of amides is 1. The van der Waals surface area contributed by atoms with Gasteiger partial charge in [0, 0.05) is 4.47 Å². The molecule has 0 saturated carbocycles. The lowest BCUT2D eigenvalue weighted by Gasteiger charge is -2.16. The maximum atomic E-state index is 10.7. The number of carbonyl (C=O) groups excluding carboxylic acids is 1. The third-order valence-corrected chi connectivity index (χ3v) is 2.87. The quantitative estimate of drug-likeness (QED) is 0.814. The SMILES string of the molecule is Cc1ccc([C@H](CC(=O)O)NC=O)c(Br)c1. The number of hydrogen-bond donors (Lipinski definition) is 2. The van der Waals surface area contributed by atoms with Gasteiger partial charge in [0.15, 0.2) is 0 Å². The van der Waals surface area contributed by atoms with Gasteiger partial charge >= 0.3 is 5.97 Å². The molecule has 1 aromatic carbocycles. The fourth-order valence-corrected chi connectivity index (χ4v) is 2.20. The first-order chi connectivity index (χ1) is 7.54. The molecule has 1 rings (SSSR count). The first kappa shape index (κ1) is 12.7. The molecule has 2 N–H and O–H groups in total. The van der Waals surface area contributed by atoms with E-state index in [1.807, 2.05) is 25.1 Å². The van der Waals surface area contributed by atoms with Crippen LogP contribution in [0.4, 0.5) is 0 Å². The van der Waals surface area contributed by atoms with Crippen molar-refractivity contribution in [2.24, 2.45) is 0 Å². The molecule has 0 heterocycles. The minimum absolute atomic E-state index is 0.138. The summed E-state index contributed by atoms with van der Waals surface area (Å²) in [5.41, 5.74) is 1.83. The van der Waals surface area contributed by atoms with Crippen molar-refractivity contribution in [1.29, 1.82) is 0 Å². The minimum Gasteiger partial charge on any atom is -0.481 e. The number of nitrogens with one attached hydrogen (secondary N) is 1. The van der Waals surface area contributed by atoms with Crippen molar-refractivity contribution in [1.82, 2.24) is 5.32 Å². The summed E-state index contributed by atoms with van der Waals surface area (Å²) < 4.78 is 0.799. The van der Waals surface area contributed by atoms with Crippen LogP contribution in [0.2, 0.25) is 0 Å². The smallest absolute Gasteiger partial charge is 0.305 e. The van der Waals surface area contributed by atoms with Crippen LogP contribution in [0, 0.1) is 6.92 Å². The minimum atomic E-state index is -0.952. The highest BCUT2D eigenvalue weighted by Crippen LogP contribution is 2.26. The standard InChI is InChI=1S/C11H12BrNO3/c1-7-2-3-8(9(12)4-7)10(13-6-14)5-11(15)16/h2-4,6,10H,5H2,1H3,(H,13,14)(H,15,16)/t10-/m0/s1. The second-order valence-electron chi connectivity index (χ2n) is 3.46. The van der Waals surface area contributed by atoms with E-state index in [4.69, 9.17) is 5.11 Å². The van der Waals surface area contributed by atoms with E-state index in [1.54, 1.807) is 0 Å². The maximum absolute atomic E-state index is 10.7. The van der Waals surface area contributed by atoms with Crippen molar-refractivity contribution < 1.29 is 14.7 Å². The van der Waals surface area contributed by atoms with Gasteiger partial charge < -0.3 is 10.4 Å². The van der Waals surface area contributed by atoms with Gasteiger partial charge in [-0.1, -0.05) is 28.1 Å². The number of aryl methyl sites for hydroxylation is 1. The van der Waals surface area contributed by atoms with Crippen molar-refractivity contribution in [3.63, 3.8) is 0 Å². The maximum Gasteiger partial charge on any atom is 0.305 e. The molecule has 86 valence electrons.